The number of hydrogen-bond acceptors (Lipinski definition) is 2. The normalized spacial score (nSPS) is 10.7. The molecule has 0 aliphatic heterocycles. The third-order valence-corrected chi connectivity index (χ3v) is 2.84. The fraction of sp³-hybridized carbons (Fsp3) is 0.357. The molecule has 0 amide bonds. The molecule has 17 heavy (non-hydrogen) atoms. The van der Waals surface area contributed by atoms with E-state index in [1.54, 1.807) is 6.20 Å². The van der Waals surface area contributed by atoms with Gasteiger partial charge in [0, 0.05) is 18.1 Å². The summed E-state index contributed by atoms with van der Waals surface area (Å²) in [5.41, 5.74) is 9.37. The van der Waals surface area contributed by atoms with Crippen molar-refractivity contribution in [2.45, 2.75) is 26.2 Å². The summed E-state index contributed by atoms with van der Waals surface area (Å²) >= 11 is 0. The Kier molecular flexibility index (Phi) is 3.94. The Balaban J connectivity index is 2.18. The summed E-state index contributed by atoms with van der Waals surface area (Å²) in [4.78, 5) is 4.08. The van der Waals surface area contributed by atoms with Gasteiger partial charge in [-0.3, -0.25) is 0 Å². The van der Waals surface area contributed by atoms with Crippen molar-refractivity contribution in [2.24, 2.45) is 5.73 Å². The lowest BCUT2D eigenvalue weighted by atomic mass is 10.0. The molecule has 0 atom stereocenters. The van der Waals surface area contributed by atoms with E-state index in [9.17, 15) is 0 Å². The van der Waals surface area contributed by atoms with Crippen molar-refractivity contribution < 1.29 is 0 Å². The highest BCUT2D eigenvalue weighted by molar-refractivity contribution is 5.39. The van der Waals surface area contributed by atoms with Crippen molar-refractivity contribution >= 4 is 0 Å². The van der Waals surface area contributed by atoms with Gasteiger partial charge in [-0.25, -0.2) is 4.98 Å². The minimum Gasteiger partial charge on any atom is -0.330 e. The zero-order chi connectivity index (χ0) is 12.1. The zero-order valence-electron chi connectivity index (χ0n) is 10.3. The van der Waals surface area contributed by atoms with Crippen LogP contribution in [0.5, 0.6) is 0 Å². The molecular formula is C14H19N3. The van der Waals surface area contributed by atoms with E-state index in [-0.39, 0.29) is 0 Å². The molecule has 3 nitrogen and oxygen atoms in total. The molecule has 0 saturated heterocycles. The molecule has 0 aliphatic rings. The average Bonchev–Trinajstić information content (AvgIpc) is 2.82. The topological polar surface area (TPSA) is 43.8 Å². The van der Waals surface area contributed by atoms with Crippen LogP contribution in [0.3, 0.4) is 0 Å². The third kappa shape index (κ3) is 3.17. The molecule has 3 heteroatoms. The Morgan fingerprint density at radius 1 is 1.24 bits per heavy atom. The van der Waals surface area contributed by atoms with Crippen LogP contribution in [-0.4, -0.2) is 16.1 Å². The quantitative estimate of drug-likeness (QED) is 0.800. The lowest BCUT2D eigenvalue weighted by molar-refractivity contribution is 0.744. The van der Waals surface area contributed by atoms with Crippen molar-refractivity contribution in [1.29, 1.82) is 0 Å². The van der Waals surface area contributed by atoms with Crippen LogP contribution in [0, 0.1) is 6.92 Å². The number of benzene rings is 1. The van der Waals surface area contributed by atoms with E-state index in [1.807, 2.05) is 17.1 Å². The third-order valence-electron chi connectivity index (χ3n) is 2.84. The summed E-state index contributed by atoms with van der Waals surface area (Å²) in [6.07, 6.45) is 8.95. The van der Waals surface area contributed by atoms with Gasteiger partial charge in [0.15, 0.2) is 0 Å². The molecule has 2 rings (SSSR count). The van der Waals surface area contributed by atoms with Crippen LogP contribution in [0.4, 0.5) is 0 Å². The highest BCUT2D eigenvalue weighted by Crippen LogP contribution is 2.15. The fourth-order valence-corrected chi connectivity index (χ4v) is 2.02. The van der Waals surface area contributed by atoms with Gasteiger partial charge < -0.3 is 10.3 Å². The Hall–Kier alpha value is -1.61. The fourth-order valence-electron chi connectivity index (χ4n) is 2.02. The van der Waals surface area contributed by atoms with Gasteiger partial charge in [0.25, 0.3) is 0 Å². The van der Waals surface area contributed by atoms with Crippen LogP contribution in [0.1, 0.15) is 24.0 Å². The summed E-state index contributed by atoms with van der Waals surface area (Å²) in [7, 11) is 0. The van der Waals surface area contributed by atoms with E-state index in [2.05, 4.69) is 30.1 Å². The van der Waals surface area contributed by atoms with Gasteiger partial charge in [0.2, 0.25) is 0 Å². The maximum atomic E-state index is 5.52. The standard InChI is InChI=1S/C14H19N3/c1-12-8-13(4-2-3-5-15)10-14(9-12)17-7-6-16-11-17/h6-11H,2-5,15H2,1H3. The number of aryl methyl sites for hydroxylation is 2. The molecule has 2 aromatic rings. The number of rotatable bonds is 5. The van der Waals surface area contributed by atoms with Gasteiger partial charge >= 0.3 is 0 Å². The van der Waals surface area contributed by atoms with Gasteiger partial charge in [0.05, 0.1) is 6.33 Å². The van der Waals surface area contributed by atoms with Gasteiger partial charge in [-0.15, -0.1) is 0 Å². The van der Waals surface area contributed by atoms with Gasteiger partial charge in [-0.1, -0.05) is 6.07 Å². The minimum absolute atomic E-state index is 0.778. The van der Waals surface area contributed by atoms with Crippen LogP contribution in [0.25, 0.3) is 5.69 Å². The van der Waals surface area contributed by atoms with E-state index in [4.69, 9.17) is 5.73 Å². The molecular weight excluding hydrogens is 210 g/mol. The summed E-state index contributed by atoms with van der Waals surface area (Å²) in [6, 6.07) is 6.65. The van der Waals surface area contributed by atoms with E-state index < -0.39 is 0 Å². The van der Waals surface area contributed by atoms with Crippen molar-refractivity contribution in [3.8, 4) is 5.69 Å². The number of aromatic nitrogens is 2. The van der Waals surface area contributed by atoms with Crippen LogP contribution >= 0.6 is 0 Å². The molecule has 0 radical (unpaired) electrons. The maximum absolute atomic E-state index is 5.52. The van der Waals surface area contributed by atoms with E-state index in [0.29, 0.717) is 0 Å². The molecule has 2 N–H and O–H groups in total. The lowest BCUT2D eigenvalue weighted by Gasteiger charge is -2.08. The number of unbranched alkanes of at least 4 members (excludes halogenated alkanes) is 1. The van der Waals surface area contributed by atoms with Crippen LogP contribution < -0.4 is 5.73 Å². The van der Waals surface area contributed by atoms with E-state index in [1.165, 1.54) is 16.8 Å². The van der Waals surface area contributed by atoms with Crippen molar-refractivity contribution in [3.05, 3.63) is 48.0 Å². The molecule has 0 bridgehead atoms. The maximum Gasteiger partial charge on any atom is 0.0991 e. The highest BCUT2D eigenvalue weighted by atomic mass is 15.0. The molecule has 1 aromatic carbocycles. The molecule has 0 aliphatic carbocycles. The predicted octanol–water partition coefficient (Wildman–Crippen LogP) is 2.46. The summed E-state index contributed by atoms with van der Waals surface area (Å²) < 4.78 is 2.04. The van der Waals surface area contributed by atoms with Crippen LogP contribution in [0.15, 0.2) is 36.9 Å². The van der Waals surface area contributed by atoms with Gasteiger partial charge in [-0.05, 0) is 56.0 Å². The first-order valence-corrected chi connectivity index (χ1v) is 6.08. The first-order chi connectivity index (χ1) is 8.29. The zero-order valence-corrected chi connectivity index (χ0v) is 10.3. The predicted molar refractivity (Wildman–Crippen MR) is 70.3 cm³/mol. The first kappa shape index (κ1) is 11.9. The Morgan fingerprint density at radius 3 is 2.82 bits per heavy atom. The van der Waals surface area contributed by atoms with Crippen molar-refractivity contribution in [2.75, 3.05) is 6.54 Å². The van der Waals surface area contributed by atoms with E-state index in [0.717, 1.165) is 25.8 Å². The molecule has 90 valence electrons. The van der Waals surface area contributed by atoms with Crippen molar-refractivity contribution in [1.82, 2.24) is 9.55 Å². The Labute approximate surface area is 102 Å². The monoisotopic (exact) mass is 229 g/mol. The van der Waals surface area contributed by atoms with Crippen molar-refractivity contribution in [3.63, 3.8) is 0 Å². The number of hydrogen-bond donors (Lipinski definition) is 1. The SMILES string of the molecule is Cc1cc(CCCCN)cc(-n2ccnc2)c1. The van der Waals surface area contributed by atoms with Crippen LogP contribution in [0.2, 0.25) is 0 Å². The van der Waals surface area contributed by atoms with Crippen LogP contribution in [-0.2, 0) is 6.42 Å². The second-order valence-corrected chi connectivity index (χ2v) is 4.39. The number of nitrogens with two attached hydrogens (primary N) is 1. The lowest BCUT2D eigenvalue weighted by Crippen LogP contribution is -2.00. The molecule has 1 aromatic heterocycles. The number of nitrogens with zero attached hydrogens (tertiary/aromatic N) is 2. The summed E-state index contributed by atoms with van der Waals surface area (Å²) in [5.74, 6) is 0. The second-order valence-electron chi connectivity index (χ2n) is 4.39. The summed E-state index contributed by atoms with van der Waals surface area (Å²) in [5, 5.41) is 0. The van der Waals surface area contributed by atoms with E-state index >= 15 is 0 Å². The van der Waals surface area contributed by atoms with Gasteiger partial charge in [-0.2, -0.15) is 0 Å². The Morgan fingerprint density at radius 2 is 2.12 bits per heavy atom. The molecule has 0 spiro atoms. The Bertz CT molecular complexity index is 460. The minimum atomic E-state index is 0.778. The smallest absolute Gasteiger partial charge is 0.0991 e. The van der Waals surface area contributed by atoms with Gasteiger partial charge in [0.1, 0.15) is 0 Å². The second kappa shape index (κ2) is 5.64. The largest absolute Gasteiger partial charge is 0.330 e. The number of imidazole rings is 1. The highest BCUT2D eigenvalue weighted by Gasteiger charge is 2.00. The molecule has 0 fully saturated rings. The molecule has 0 saturated carbocycles. The summed E-state index contributed by atoms with van der Waals surface area (Å²) in [6.45, 7) is 2.91. The average molecular weight is 229 g/mol. The molecule has 1 heterocycles. The first-order valence-electron chi connectivity index (χ1n) is 6.08. The molecule has 0 unspecified atom stereocenters.